The third-order valence-electron chi connectivity index (χ3n) is 2.55. The lowest BCUT2D eigenvalue weighted by Gasteiger charge is -2.10. The topological polar surface area (TPSA) is 33.1 Å². The van der Waals surface area contributed by atoms with Crippen molar-refractivity contribution in [3.8, 4) is 0 Å². The summed E-state index contributed by atoms with van der Waals surface area (Å²) in [7, 11) is 0. The van der Waals surface area contributed by atoms with E-state index in [0.717, 1.165) is 16.3 Å². The van der Waals surface area contributed by atoms with Gasteiger partial charge < -0.3 is 5.11 Å². The minimum atomic E-state index is -0.557. The number of thiazole rings is 1. The molecule has 96 valence electrons. The zero-order valence-corrected chi connectivity index (χ0v) is 11.4. The van der Waals surface area contributed by atoms with E-state index in [1.165, 1.54) is 23.5 Å². The molecule has 1 unspecified atom stereocenters. The lowest BCUT2D eigenvalue weighted by atomic mass is 10.1. The fourth-order valence-corrected chi connectivity index (χ4v) is 2.80. The number of aliphatic hydroxyl groups is 1. The summed E-state index contributed by atoms with van der Waals surface area (Å²) in [5.41, 5.74) is 1.71. The molecule has 0 radical (unpaired) electrons. The summed E-state index contributed by atoms with van der Waals surface area (Å²) in [5, 5.41) is 13.2. The number of aryl methyl sites for hydroxylation is 1. The average Bonchev–Trinajstić information content (AvgIpc) is 2.68. The van der Waals surface area contributed by atoms with Crippen LogP contribution in [0.1, 0.15) is 16.3 Å². The van der Waals surface area contributed by atoms with Crippen LogP contribution in [0.4, 0.5) is 4.39 Å². The zero-order valence-electron chi connectivity index (χ0n) is 9.86. The Morgan fingerprint density at radius 1 is 1.44 bits per heavy atom. The number of hydrogen-bond acceptors (Lipinski definition) is 3. The van der Waals surface area contributed by atoms with E-state index in [-0.39, 0.29) is 5.82 Å². The molecule has 1 aromatic carbocycles. The predicted octanol–water partition coefficient (Wildman–Crippen LogP) is 3.39. The van der Waals surface area contributed by atoms with Crippen molar-refractivity contribution in [2.45, 2.75) is 25.9 Å². The first-order valence-electron chi connectivity index (χ1n) is 5.57. The molecule has 0 spiro atoms. The Bertz CT molecular complexity index is 544. The normalized spacial score (nSPS) is 12.7. The maximum atomic E-state index is 12.9. The molecule has 18 heavy (non-hydrogen) atoms. The lowest BCUT2D eigenvalue weighted by Crippen LogP contribution is -2.14. The number of benzene rings is 1. The van der Waals surface area contributed by atoms with Gasteiger partial charge in [0.1, 0.15) is 5.82 Å². The van der Waals surface area contributed by atoms with Crippen molar-refractivity contribution >= 4 is 22.9 Å². The first-order valence-corrected chi connectivity index (χ1v) is 6.83. The van der Waals surface area contributed by atoms with Crippen LogP contribution in [-0.2, 0) is 12.8 Å². The van der Waals surface area contributed by atoms with Crippen molar-refractivity contribution in [2.75, 3.05) is 0 Å². The van der Waals surface area contributed by atoms with Crippen LogP contribution in [0.25, 0.3) is 0 Å². The molecular formula is C13H13ClFNOS. The highest BCUT2D eigenvalue weighted by atomic mass is 35.5. The van der Waals surface area contributed by atoms with Crippen LogP contribution in [0.3, 0.4) is 0 Å². The van der Waals surface area contributed by atoms with Gasteiger partial charge in [0.15, 0.2) is 0 Å². The highest BCUT2D eigenvalue weighted by Crippen LogP contribution is 2.20. The van der Waals surface area contributed by atoms with Gasteiger partial charge in [-0.1, -0.05) is 17.7 Å². The number of rotatable bonds is 4. The van der Waals surface area contributed by atoms with E-state index in [1.54, 1.807) is 6.07 Å². The van der Waals surface area contributed by atoms with E-state index in [9.17, 15) is 9.50 Å². The molecule has 0 fully saturated rings. The fraction of sp³-hybridized carbons (Fsp3) is 0.308. The van der Waals surface area contributed by atoms with Crippen molar-refractivity contribution in [1.82, 2.24) is 4.98 Å². The molecule has 0 aliphatic heterocycles. The minimum absolute atomic E-state index is 0.351. The Balaban J connectivity index is 2.00. The zero-order chi connectivity index (χ0) is 13.1. The molecule has 1 heterocycles. The third kappa shape index (κ3) is 3.51. The van der Waals surface area contributed by atoms with Gasteiger partial charge in [0.05, 0.1) is 11.1 Å². The van der Waals surface area contributed by atoms with E-state index in [0.29, 0.717) is 17.9 Å². The van der Waals surface area contributed by atoms with Crippen molar-refractivity contribution in [1.29, 1.82) is 0 Å². The molecule has 0 aliphatic carbocycles. The molecule has 2 rings (SSSR count). The molecule has 0 aliphatic rings. The van der Waals surface area contributed by atoms with E-state index >= 15 is 0 Å². The first-order chi connectivity index (χ1) is 8.54. The summed E-state index contributed by atoms with van der Waals surface area (Å²) in [6.45, 7) is 1.92. The van der Waals surface area contributed by atoms with Gasteiger partial charge in [0, 0.05) is 28.9 Å². The van der Waals surface area contributed by atoms with Crippen molar-refractivity contribution in [3.05, 3.63) is 50.7 Å². The van der Waals surface area contributed by atoms with Gasteiger partial charge in [-0.2, -0.15) is 0 Å². The molecule has 2 aromatic rings. The predicted molar refractivity (Wildman–Crippen MR) is 71.7 cm³/mol. The summed E-state index contributed by atoms with van der Waals surface area (Å²) < 4.78 is 12.9. The Morgan fingerprint density at radius 3 is 2.83 bits per heavy atom. The van der Waals surface area contributed by atoms with Crippen LogP contribution in [0.15, 0.2) is 23.6 Å². The molecule has 0 saturated heterocycles. The smallest absolute Gasteiger partial charge is 0.124 e. The molecule has 0 amide bonds. The Kier molecular flexibility index (Phi) is 4.32. The highest BCUT2D eigenvalue weighted by Gasteiger charge is 2.12. The number of nitrogens with zero attached hydrogens (tertiary/aromatic N) is 1. The van der Waals surface area contributed by atoms with Gasteiger partial charge in [-0.15, -0.1) is 11.3 Å². The molecule has 2 nitrogen and oxygen atoms in total. The van der Waals surface area contributed by atoms with Gasteiger partial charge in [-0.3, -0.25) is 0 Å². The Hall–Kier alpha value is -0.970. The van der Waals surface area contributed by atoms with E-state index in [2.05, 4.69) is 4.98 Å². The largest absolute Gasteiger partial charge is 0.392 e. The number of halogens is 2. The first kappa shape index (κ1) is 13.5. The third-order valence-corrected chi connectivity index (χ3v) is 3.89. The Morgan fingerprint density at radius 2 is 2.22 bits per heavy atom. The van der Waals surface area contributed by atoms with Gasteiger partial charge in [-0.05, 0) is 24.6 Å². The molecule has 0 saturated carbocycles. The van der Waals surface area contributed by atoms with Gasteiger partial charge in [0.2, 0.25) is 0 Å². The second-order valence-corrected chi connectivity index (χ2v) is 5.53. The van der Waals surface area contributed by atoms with Crippen molar-refractivity contribution < 1.29 is 9.50 Å². The van der Waals surface area contributed by atoms with Crippen LogP contribution < -0.4 is 0 Å². The monoisotopic (exact) mass is 285 g/mol. The molecule has 1 N–H and O–H groups in total. The summed E-state index contributed by atoms with van der Waals surface area (Å²) >= 11 is 7.45. The fourth-order valence-electron chi connectivity index (χ4n) is 1.71. The van der Waals surface area contributed by atoms with Crippen LogP contribution in [0.5, 0.6) is 0 Å². The van der Waals surface area contributed by atoms with Crippen LogP contribution in [0, 0.1) is 12.7 Å². The number of hydrogen-bond donors (Lipinski definition) is 1. The summed E-state index contributed by atoms with van der Waals surface area (Å²) in [6.07, 6.45) is 0.336. The van der Waals surface area contributed by atoms with E-state index in [4.69, 9.17) is 11.6 Å². The van der Waals surface area contributed by atoms with Crippen LogP contribution in [-0.4, -0.2) is 16.2 Å². The van der Waals surface area contributed by atoms with Gasteiger partial charge in [-0.25, -0.2) is 9.37 Å². The van der Waals surface area contributed by atoms with Crippen LogP contribution >= 0.6 is 22.9 Å². The van der Waals surface area contributed by atoms with Gasteiger partial charge >= 0.3 is 0 Å². The minimum Gasteiger partial charge on any atom is -0.392 e. The van der Waals surface area contributed by atoms with Crippen LogP contribution in [0.2, 0.25) is 5.02 Å². The Labute approximate surface area is 114 Å². The summed E-state index contributed by atoms with van der Waals surface area (Å²) in [6, 6.07) is 4.21. The maximum Gasteiger partial charge on any atom is 0.124 e. The van der Waals surface area contributed by atoms with Crippen molar-refractivity contribution in [3.63, 3.8) is 0 Å². The van der Waals surface area contributed by atoms with Gasteiger partial charge in [0.25, 0.3) is 0 Å². The molecule has 0 bridgehead atoms. The average molecular weight is 286 g/mol. The second kappa shape index (κ2) is 5.78. The van der Waals surface area contributed by atoms with E-state index in [1.807, 2.05) is 12.3 Å². The number of aromatic nitrogens is 1. The standard InChI is InChI=1S/C13H13ClFNOS/c1-8-7-18-13(16-8)6-11(17)4-9-2-3-10(15)5-12(9)14/h2-3,5,7,11,17H,4,6H2,1H3. The highest BCUT2D eigenvalue weighted by molar-refractivity contribution is 7.09. The maximum absolute atomic E-state index is 12.9. The SMILES string of the molecule is Cc1csc(CC(O)Cc2ccc(F)cc2Cl)n1. The van der Waals surface area contributed by atoms with Crippen molar-refractivity contribution in [2.24, 2.45) is 0 Å². The molecular weight excluding hydrogens is 273 g/mol. The summed E-state index contributed by atoms with van der Waals surface area (Å²) in [5.74, 6) is -0.367. The van der Waals surface area contributed by atoms with E-state index < -0.39 is 6.10 Å². The molecule has 1 atom stereocenters. The molecule has 5 heteroatoms. The quantitative estimate of drug-likeness (QED) is 0.934. The summed E-state index contributed by atoms with van der Waals surface area (Å²) in [4.78, 5) is 4.29. The number of aliphatic hydroxyl groups excluding tert-OH is 1. The second-order valence-electron chi connectivity index (χ2n) is 4.18. The molecule has 1 aromatic heterocycles. The lowest BCUT2D eigenvalue weighted by molar-refractivity contribution is 0.175.